The Morgan fingerprint density at radius 1 is 1.10 bits per heavy atom. The summed E-state index contributed by atoms with van der Waals surface area (Å²) >= 11 is 1.75. The Bertz CT molecular complexity index is 763. The minimum Gasteiger partial charge on any atom is -0.381 e. The van der Waals surface area contributed by atoms with E-state index in [0.29, 0.717) is 5.92 Å². The average molecular weight is 557 g/mol. The van der Waals surface area contributed by atoms with E-state index in [1.54, 1.807) is 11.3 Å². The molecule has 1 fully saturated rings. The molecule has 0 aliphatic carbocycles. The smallest absolute Gasteiger partial charge is 0.191 e. The van der Waals surface area contributed by atoms with Gasteiger partial charge in [0.1, 0.15) is 0 Å². The Labute approximate surface area is 208 Å². The van der Waals surface area contributed by atoms with E-state index in [4.69, 9.17) is 9.73 Å². The third-order valence-corrected chi connectivity index (χ3v) is 6.55. The standard InChI is InChI=1S/C24H36N4OS.HI/c1-4-25-23(26-16-19(2)22-10-15-30-17-22)27-18-24(11-13-29-14-12-24)28-20(3)21-8-6-5-7-9-21;/h5-10,15,17,19-20,28H,4,11-14,16,18H2,1-3H3,(H2,25,26,27);1H. The van der Waals surface area contributed by atoms with Crippen LogP contribution in [0.4, 0.5) is 0 Å². The summed E-state index contributed by atoms with van der Waals surface area (Å²) in [6, 6.07) is 13.1. The van der Waals surface area contributed by atoms with Crippen molar-refractivity contribution in [2.24, 2.45) is 4.99 Å². The first kappa shape index (κ1) is 26.1. The maximum absolute atomic E-state index is 5.67. The predicted molar refractivity (Wildman–Crippen MR) is 143 cm³/mol. The fourth-order valence-electron chi connectivity index (χ4n) is 3.89. The van der Waals surface area contributed by atoms with Gasteiger partial charge in [0.15, 0.2) is 5.96 Å². The van der Waals surface area contributed by atoms with E-state index in [-0.39, 0.29) is 35.6 Å². The van der Waals surface area contributed by atoms with Crippen LogP contribution in [0, 0.1) is 0 Å². The molecule has 1 saturated heterocycles. The molecule has 172 valence electrons. The second-order valence-corrected chi connectivity index (χ2v) is 8.98. The van der Waals surface area contributed by atoms with Gasteiger partial charge < -0.3 is 20.7 Å². The van der Waals surface area contributed by atoms with Crippen molar-refractivity contribution in [2.75, 3.05) is 32.8 Å². The normalized spacial score (nSPS) is 18.0. The molecule has 2 aromatic rings. The number of rotatable bonds is 9. The summed E-state index contributed by atoms with van der Waals surface area (Å²) in [6.07, 6.45) is 1.94. The first-order valence-electron chi connectivity index (χ1n) is 11.1. The van der Waals surface area contributed by atoms with E-state index >= 15 is 0 Å². The topological polar surface area (TPSA) is 57.7 Å². The second kappa shape index (κ2) is 13.4. The van der Waals surface area contributed by atoms with Gasteiger partial charge in [-0.15, -0.1) is 24.0 Å². The number of nitrogens with one attached hydrogen (secondary N) is 3. The molecular formula is C24H37IN4OS. The Kier molecular flexibility index (Phi) is 11.3. The summed E-state index contributed by atoms with van der Waals surface area (Å²) < 4.78 is 5.67. The van der Waals surface area contributed by atoms with Gasteiger partial charge in [0.25, 0.3) is 0 Å². The fraction of sp³-hybridized carbons (Fsp3) is 0.542. The zero-order chi connectivity index (χ0) is 21.2. The lowest BCUT2D eigenvalue weighted by Crippen LogP contribution is -2.53. The van der Waals surface area contributed by atoms with Crippen LogP contribution in [0.15, 0.2) is 52.2 Å². The molecule has 1 aliphatic heterocycles. The number of thiophene rings is 1. The minimum atomic E-state index is -0.0468. The highest BCUT2D eigenvalue weighted by atomic mass is 127. The molecule has 0 radical (unpaired) electrons. The molecule has 1 aliphatic rings. The van der Waals surface area contributed by atoms with E-state index in [1.807, 2.05) is 0 Å². The van der Waals surface area contributed by atoms with Crippen molar-refractivity contribution in [3.05, 3.63) is 58.3 Å². The van der Waals surface area contributed by atoms with E-state index in [0.717, 1.165) is 51.6 Å². The third kappa shape index (κ3) is 8.04. The van der Waals surface area contributed by atoms with Crippen molar-refractivity contribution in [3.8, 4) is 0 Å². The van der Waals surface area contributed by atoms with Crippen LogP contribution < -0.4 is 16.0 Å². The minimum absolute atomic E-state index is 0. The molecule has 5 nitrogen and oxygen atoms in total. The van der Waals surface area contributed by atoms with Crippen LogP contribution in [0.5, 0.6) is 0 Å². The third-order valence-electron chi connectivity index (χ3n) is 5.84. The van der Waals surface area contributed by atoms with Crippen LogP contribution in [-0.2, 0) is 4.74 Å². The Morgan fingerprint density at radius 2 is 1.84 bits per heavy atom. The van der Waals surface area contributed by atoms with Gasteiger partial charge in [-0.1, -0.05) is 37.3 Å². The first-order valence-corrected chi connectivity index (χ1v) is 12.0. The molecule has 7 heteroatoms. The highest BCUT2D eigenvalue weighted by Gasteiger charge is 2.34. The quantitative estimate of drug-likeness (QED) is 0.233. The molecule has 2 unspecified atom stereocenters. The average Bonchev–Trinajstić information content (AvgIpc) is 3.32. The van der Waals surface area contributed by atoms with E-state index in [1.165, 1.54) is 11.1 Å². The van der Waals surface area contributed by atoms with Crippen molar-refractivity contribution < 1.29 is 4.74 Å². The highest BCUT2D eigenvalue weighted by Crippen LogP contribution is 2.26. The van der Waals surface area contributed by atoms with E-state index in [9.17, 15) is 0 Å². The van der Waals surface area contributed by atoms with Gasteiger partial charge in [-0.25, -0.2) is 0 Å². The number of hydrogen-bond acceptors (Lipinski definition) is 4. The van der Waals surface area contributed by atoms with Crippen molar-refractivity contribution >= 4 is 41.3 Å². The van der Waals surface area contributed by atoms with Gasteiger partial charge in [-0.2, -0.15) is 11.3 Å². The van der Waals surface area contributed by atoms with Gasteiger partial charge in [0.05, 0.1) is 6.54 Å². The number of ether oxygens (including phenoxy) is 1. The maximum atomic E-state index is 5.67. The summed E-state index contributed by atoms with van der Waals surface area (Å²) in [7, 11) is 0. The van der Waals surface area contributed by atoms with Crippen molar-refractivity contribution in [1.82, 2.24) is 16.0 Å². The van der Waals surface area contributed by atoms with Crippen LogP contribution in [0.2, 0.25) is 0 Å². The van der Waals surface area contributed by atoms with Gasteiger partial charge >= 0.3 is 0 Å². The summed E-state index contributed by atoms with van der Waals surface area (Å²) in [6.45, 7) is 10.6. The zero-order valence-electron chi connectivity index (χ0n) is 18.9. The largest absolute Gasteiger partial charge is 0.381 e. The van der Waals surface area contributed by atoms with E-state index < -0.39 is 0 Å². The SMILES string of the molecule is CCNC(=NCC1(NC(C)c2ccccc2)CCOCC1)NCC(C)c1ccsc1.I. The van der Waals surface area contributed by atoms with Gasteiger partial charge in [0, 0.05) is 37.9 Å². The lowest BCUT2D eigenvalue weighted by atomic mass is 9.88. The Hall–Kier alpha value is -1.16. The van der Waals surface area contributed by atoms with Crippen molar-refractivity contribution in [1.29, 1.82) is 0 Å². The molecular weight excluding hydrogens is 519 g/mol. The Morgan fingerprint density at radius 3 is 2.48 bits per heavy atom. The molecule has 1 aromatic carbocycles. The summed E-state index contributed by atoms with van der Waals surface area (Å²) in [5.41, 5.74) is 2.64. The van der Waals surface area contributed by atoms with Gasteiger partial charge in [0.2, 0.25) is 0 Å². The lowest BCUT2D eigenvalue weighted by molar-refractivity contribution is 0.0374. The number of aliphatic imine (C=N–C) groups is 1. The zero-order valence-corrected chi connectivity index (χ0v) is 22.0. The molecule has 2 heterocycles. The van der Waals surface area contributed by atoms with Crippen molar-refractivity contribution in [2.45, 2.75) is 51.1 Å². The molecule has 0 saturated carbocycles. The molecule has 0 bridgehead atoms. The molecule has 3 rings (SSSR count). The van der Waals surface area contributed by atoms with Crippen LogP contribution in [0.25, 0.3) is 0 Å². The monoisotopic (exact) mass is 556 g/mol. The van der Waals surface area contributed by atoms with Crippen LogP contribution >= 0.6 is 35.3 Å². The number of nitrogens with zero attached hydrogens (tertiary/aromatic N) is 1. The lowest BCUT2D eigenvalue weighted by Gasteiger charge is -2.39. The second-order valence-electron chi connectivity index (χ2n) is 8.20. The molecule has 0 amide bonds. The van der Waals surface area contributed by atoms with Crippen LogP contribution in [0.1, 0.15) is 56.7 Å². The number of hydrogen-bond donors (Lipinski definition) is 3. The highest BCUT2D eigenvalue weighted by molar-refractivity contribution is 14.0. The fourth-order valence-corrected chi connectivity index (χ4v) is 4.67. The number of benzene rings is 1. The number of halogens is 1. The summed E-state index contributed by atoms with van der Waals surface area (Å²) in [5, 5.41) is 15.2. The predicted octanol–water partition coefficient (Wildman–Crippen LogP) is 4.92. The molecule has 31 heavy (non-hydrogen) atoms. The summed E-state index contributed by atoms with van der Waals surface area (Å²) in [4.78, 5) is 4.99. The van der Waals surface area contributed by atoms with Gasteiger partial charge in [-0.05, 0) is 60.6 Å². The molecule has 2 atom stereocenters. The molecule has 1 aromatic heterocycles. The Balaban J connectivity index is 0.00000341. The van der Waals surface area contributed by atoms with Crippen LogP contribution in [-0.4, -0.2) is 44.3 Å². The van der Waals surface area contributed by atoms with Crippen molar-refractivity contribution in [3.63, 3.8) is 0 Å². The van der Waals surface area contributed by atoms with Gasteiger partial charge in [-0.3, -0.25) is 4.99 Å². The summed E-state index contributed by atoms with van der Waals surface area (Å²) in [5.74, 6) is 1.34. The van der Waals surface area contributed by atoms with E-state index in [2.05, 4.69) is 83.9 Å². The van der Waals surface area contributed by atoms with Crippen LogP contribution in [0.3, 0.4) is 0 Å². The first-order chi connectivity index (χ1) is 14.6. The number of guanidine groups is 1. The molecule has 3 N–H and O–H groups in total. The maximum Gasteiger partial charge on any atom is 0.191 e. The molecule has 0 spiro atoms.